The van der Waals surface area contributed by atoms with E-state index < -0.39 is 5.97 Å². The average molecular weight is 219 g/mol. The molecule has 0 radical (unpaired) electrons. The van der Waals surface area contributed by atoms with Crippen LogP contribution in [0.5, 0.6) is 0 Å². The molecule has 0 unspecified atom stereocenters. The van der Waals surface area contributed by atoms with Crippen molar-refractivity contribution >= 4 is 16.9 Å². The number of carboxylic acids is 1. The normalized spacial score (nSPS) is 10.6. The maximum absolute atomic E-state index is 10.9. The summed E-state index contributed by atoms with van der Waals surface area (Å²) < 4.78 is 1.62. The lowest BCUT2D eigenvalue weighted by atomic mass is 10.1. The highest BCUT2D eigenvalue weighted by molar-refractivity contribution is 5.94. The van der Waals surface area contributed by atoms with Crippen molar-refractivity contribution < 1.29 is 14.7 Å². The standard InChI is InChI=1S/C12H13NO3/c1-3-16-13-7-8(2)10-5-4-9(12(14)15)6-11(10)13/h4-7H,3H2,1-2H3,(H,14,15). The fourth-order valence-electron chi connectivity index (χ4n) is 1.74. The van der Waals surface area contributed by atoms with Crippen molar-refractivity contribution in [1.29, 1.82) is 0 Å². The van der Waals surface area contributed by atoms with Gasteiger partial charge in [0.15, 0.2) is 0 Å². The summed E-state index contributed by atoms with van der Waals surface area (Å²) in [6, 6.07) is 5.04. The third-order valence-electron chi connectivity index (χ3n) is 2.49. The highest BCUT2D eigenvalue weighted by atomic mass is 16.7. The molecule has 16 heavy (non-hydrogen) atoms. The van der Waals surface area contributed by atoms with Crippen LogP contribution in [0.1, 0.15) is 22.8 Å². The summed E-state index contributed by atoms with van der Waals surface area (Å²) in [6.45, 7) is 4.40. The highest BCUT2D eigenvalue weighted by Crippen LogP contribution is 2.21. The minimum atomic E-state index is -0.927. The molecule has 0 atom stereocenters. The summed E-state index contributed by atoms with van der Waals surface area (Å²) in [7, 11) is 0. The number of carboxylic acid groups (broad SMARTS) is 1. The van der Waals surface area contributed by atoms with Gasteiger partial charge in [-0.2, -0.15) is 4.73 Å². The molecule has 2 aromatic rings. The van der Waals surface area contributed by atoms with Gasteiger partial charge in [0.2, 0.25) is 0 Å². The van der Waals surface area contributed by atoms with Crippen LogP contribution in [0.4, 0.5) is 0 Å². The van der Waals surface area contributed by atoms with Crippen LogP contribution in [0.2, 0.25) is 0 Å². The molecule has 0 aliphatic carbocycles. The molecule has 0 saturated carbocycles. The Morgan fingerprint density at radius 2 is 2.25 bits per heavy atom. The molecule has 1 aromatic heterocycles. The van der Waals surface area contributed by atoms with Crippen molar-refractivity contribution in [2.45, 2.75) is 13.8 Å². The predicted molar refractivity (Wildman–Crippen MR) is 60.8 cm³/mol. The maximum Gasteiger partial charge on any atom is 0.335 e. The molecular formula is C12H13NO3. The molecule has 1 heterocycles. The first kappa shape index (κ1) is 10.5. The Balaban J connectivity index is 2.64. The second kappa shape index (κ2) is 3.89. The zero-order valence-electron chi connectivity index (χ0n) is 9.23. The third-order valence-corrected chi connectivity index (χ3v) is 2.49. The van der Waals surface area contributed by atoms with E-state index in [4.69, 9.17) is 9.94 Å². The monoisotopic (exact) mass is 219 g/mol. The van der Waals surface area contributed by atoms with Crippen molar-refractivity contribution in [3.8, 4) is 0 Å². The molecule has 0 amide bonds. The molecular weight excluding hydrogens is 206 g/mol. The van der Waals surface area contributed by atoms with E-state index in [0.29, 0.717) is 6.61 Å². The molecule has 0 spiro atoms. The quantitative estimate of drug-likeness (QED) is 0.860. The van der Waals surface area contributed by atoms with Crippen LogP contribution in [-0.2, 0) is 0 Å². The number of benzene rings is 1. The van der Waals surface area contributed by atoms with Gasteiger partial charge in [-0.05, 0) is 31.5 Å². The summed E-state index contributed by atoms with van der Waals surface area (Å²) >= 11 is 0. The van der Waals surface area contributed by atoms with Crippen molar-refractivity contribution in [1.82, 2.24) is 4.73 Å². The Morgan fingerprint density at radius 1 is 1.50 bits per heavy atom. The number of aromatic carboxylic acids is 1. The van der Waals surface area contributed by atoms with Gasteiger partial charge < -0.3 is 9.94 Å². The van der Waals surface area contributed by atoms with E-state index in [0.717, 1.165) is 16.5 Å². The van der Waals surface area contributed by atoms with E-state index in [1.807, 2.05) is 26.1 Å². The molecule has 4 heteroatoms. The predicted octanol–water partition coefficient (Wildman–Crippen LogP) is 2.10. The topological polar surface area (TPSA) is 51.5 Å². The lowest BCUT2D eigenvalue weighted by Gasteiger charge is -2.05. The number of fused-ring (bicyclic) bond motifs is 1. The van der Waals surface area contributed by atoms with Gasteiger partial charge in [0.1, 0.15) is 6.61 Å². The van der Waals surface area contributed by atoms with Gasteiger partial charge in [-0.3, -0.25) is 0 Å². The summed E-state index contributed by atoms with van der Waals surface area (Å²) in [6.07, 6.45) is 1.86. The second-order valence-electron chi connectivity index (χ2n) is 3.59. The number of hydrogen-bond acceptors (Lipinski definition) is 2. The number of nitrogens with zero attached hydrogens (tertiary/aromatic N) is 1. The van der Waals surface area contributed by atoms with E-state index in [1.54, 1.807) is 16.9 Å². The van der Waals surface area contributed by atoms with Crippen molar-refractivity contribution in [2.24, 2.45) is 0 Å². The molecule has 1 N–H and O–H groups in total. The van der Waals surface area contributed by atoms with Gasteiger partial charge in [-0.1, -0.05) is 6.07 Å². The summed E-state index contributed by atoms with van der Waals surface area (Å²) in [5.74, 6) is -0.927. The van der Waals surface area contributed by atoms with Gasteiger partial charge in [0, 0.05) is 11.6 Å². The summed E-state index contributed by atoms with van der Waals surface area (Å²) in [5.41, 5.74) is 2.13. The van der Waals surface area contributed by atoms with Crippen LogP contribution >= 0.6 is 0 Å². The van der Waals surface area contributed by atoms with Crippen molar-refractivity contribution in [3.63, 3.8) is 0 Å². The Bertz CT molecular complexity index is 542. The van der Waals surface area contributed by atoms with Gasteiger partial charge >= 0.3 is 5.97 Å². The molecule has 4 nitrogen and oxygen atoms in total. The Kier molecular flexibility index (Phi) is 2.56. The lowest BCUT2D eigenvalue weighted by molar-refractivity contribution is 0.0697. The SMILES string of the molecule is CCOn1cc(C)c2ccc(C(=O)O)cc21. The van der Waals surface area contributed by atoms with E-state index in [-0.39, 0.29) is 5.56 Å². The summed E-state index contributed by atoms with van der Waals surface area (Å²) in [4.78, 5) is 16.3. The lowest BCUT2D eigenvalue weighted by Crippen LogP contribution is -2.09. The number of carbonyl (C=O) groups is 1. The zero-order chi connectivity index (χ0) is 11.7. The minimum absolute atomic E-state index is 0.270. The van der Waals surface area contributed by atoms with Crippen LogP contribution in [0.25, 0.3) is 10.9 Å². The van der Waals surface area contributed by atoms with E-state index in [9.17, 15) is 4.79 Å². The van der Waals surface area contributed by atoms with E-state index >= 15 is 0 Å². The van der Waals surface area contributed by atoms with Crippen LogP contribution in [0, 0.1) is 6.92 Å². The second-order valence-corrected chi connectivity index (χ2v) is 3.59. The van der Waals surface area contributed by atoms with Crippen LogP contribution < -0.4 is 4.84 Å². The molecule has 2 rings (SSSR count). The molecule has 0 fully saturated rings. The first-order valence-electron chi connectivity index (χ1n) is 5.11. The summed E-state index contributed by atoms with van der Waals surface area (Å²) in [5, 5.41) is 9.93. The highest BCUT2D eigenvalue weighted by Gasteiger charge is 2.09. The van der Waals surface area contributed by atoms with Gasteiger partial charge in [0.05, 0.1) is 11.1 Å². The fourth-order valence-corrected chi connectivity index (χ4v) is 1.74. The Hall–Kier alpha value is -1.97. The first-order valence-corrected chi connectivity index (χ1v) is 5.11. The molecule has 0 bridgehead atoms. The van der Waals surface area contributed by atoms with Crippen molar-refractivity contribution in [2.75, 3.05) is 6.61 Å². The maximum atomic E-state index is 10.9. The van der Waals surface area contributed by atoms with E-state index in [1.165, 1.54) is 0 Å². The number of aromatic nitrogens is 1. The molecule has 0 aliphatic heterocycles. The average Bonchev–Trinajstić information content (AvgIpc) is 2.56. The largest absolute Gasteiger partial charge is 0.478 e. The van der Waals surface area contributed by atoms with Gasteiger partial charge in [-0.25, -0.2) is 4.79 Å². The number of rotatable bonds is 3. The third kappa shape index (κ3) is 1.62. The van der Waals surface area contributed by atoms with Crippen molar-refractivity contribution in [3.05, 3.63) is 35.5 Å². The Morgan fingerprint density at radius 3 is 2.88 bits per heavy atom. The van der Waals surface area contributed by atoms with Crippen LogP contribution in [0.15, 0.2) is 24.4 Å². The minimum Gasteiger partial charge on any atom is -0.478 e. The van der Waals surface area contributed by atoms with Gasteiger partial charge in [0.25, 0.3) is 0 Å². The Labute approximate surface area is 93.0 Å². The molecule has 1 aromatic carbocycles. The number of aryl methyl sites for hydroxylation is 1. The fraction of sp³-hybridized carbons (Fsp3) is 0.250. The molecule has 0 saturated heterocycles. The number of hydrogen-bond donors (Lipinski definition) is 1. The van der Waals surface area contributed by atoms with Crippen LogP contribution in [-0.4, -0.2) is 22.4 Å². The molecule has 84 valence electrons. The van der Waals surface area contributed by atoms with Crippen LogP contribution in [0.3, 0.4) is 0 Å². The first-order chi connectivity index (χ1) is 7.63. The molecule has 0 aliphatic rings. The zero-order valence-corrected chi connectivity index (χ0v) is 9.23. The van der Waals surface area contributed by atoms with E-state index in [2.05, 4.69) is 0 Å². The van der Waals surface area contributed by atoms with Gasteiger partial charge in [-0.15, -0.1) is 0 Å². The smallest absolute Gasteiger partial charge is 0.335 e.